The lowest BCUT2D eigenvalue weighted by Gasteiger charge is -2.09. The van der Waals surface area contributed by atoms with E-state index >= 15 is 0 Å². The van der Waals surface area contributed by atoms with Crippen LogP contribution in [0, 0.1) is 29.6 Å². The summed E-state index contributed by atoms with van der Waals surface area (Å²) < 4.78 is 10.1. The van der Waals surface area contributed by atoms with Gasteiger partial charge in [0.1, 0.15) is 0 Å². The highest BCUT2D eigenvalue weighted by molar-refractivity contribution is 5.61. The van der Waals surface area contributed by atoms with Crippen LogP contribution in [0.3, 0.4) is 0 Å². The summed E-state index contributed by atoms with van der Waals surface area (Å²) in [7, 11) is 0. The molecular formula is C18H28O3. The monoisotopic (exact) mass is 292 g/mol. The average Bonchev–Trinajstić information content (AvgIpc) is 2.45. The van der Waals surface area contributed by atoms with Crippen LogP contribution in [0.4, 0.5) is 4.79 Å². The Hall–Kier alpha value is -1.61. The first-order valence-electron chi connectivity index (χ1n) is 7.90. The molecule has 0 spiro atoms. The highest BCUT2D eigenvalue weighted by Gasteiger charge is 2.11. The molecule has 0 rings (SSSR count). The molecule has 118 valence electrons. The summed E-state index contributed by atoms with van der Waals surface area (Å²) in [6, 6.07) is 0. The van der Waals surface area contributed by atoms with E-state index in [9.17, 15) is 4.79 Å². The minimum absolute atomic E-state index is 0.280. The molecule has 0 radical (unpaired) electrons. The smallest absolute Gasteiger partial charge is 0.434 e. The van der Waals surface area contributed by atoms with E-state index in [1.165, 1.54) is 0 Å². The van der Waals surface area contributed by atoms with Crippen LogP contribution in [-0.2, 0) is 9.47 Å². The van der Waals surface area contributed by atoms with Crippen LogP contribution in [0.25, 0.3) is 0 Å². The Kier molecular flexibility index (Phi) is 12.4. The van der Waals surface area contributed by atoms with Crippen molar-refractivity contribution in [3.63, 3.8) is 0 Å². The van der Waals surface area contributed by atoms with Gasteiger partial charge in [-0.1, -0.05) is 52.4 Å². The van der Waals surface area contributed by atoms with E-state index in [4.69, 9.17) is 9.47 Å². The van der Waals surface area contributed by atoms with Gasteiger partial charge in [-0.05, 0) is 30.6 Å². The molecule has 0 unspecified atom stereocenters. The Bertz CT molecular complexity index is 364. The predicted molar refractivity (Wildman–Crippen MR) is 85.7 cm³/mol. The van der Waals surface area contributed by atoms with Crippen LogP contribution in [0.15, 0.2) is 0 Å². The van der Waals surface area contributed by atoms with Gasteiger partial charge in [0.25, 0.3) is 0 Å². The molecule has 0 fully saturated rings. The third-order valence-corrected chi connectivity index (χ3v) is 2.53. The van der Waals surface area contributed by atoms with Gasteiger partial charge in [0.15, 0.2) is 0 Å². The third-order valence-electron chi connectivity index (χ3n) is 2.53. The first kappa shape index (κ1) is 19.4. The summed E-state index contributed by atoms with van der Waals surface area (Å²) in [4.78, 5) is 11.6. The molecule has 3 nitrogen and oxygen atoms in total. The van der Waals surface area contributed by atoms with Gasteiger partial charge in [0, 0.05) is 12.8 Å². The molecular weight excluding hydrogens is 264 g/mol. The van der Waals surface area contributed by atoms with E-state index in [1.54, 1.807) is 0 Å². The molecule has 3 heteroatoms. The summed E-state index contributed by atoms with van der Waals surface area (Å²) in [5, 5.41) is 0. The fourth-order valence-electron chi connectivity index (χ4n) is 1.32. The minimum atomic E-state index is -0.691. The highest BCUT2D eigenvalue weighted by Crippen LogP contribution is 2.00. The average molecular weight is 292 g/mol. The number of hydrogen-bond acceptors (Lipinski definition) is 3. The molecule has 0 aliphatic carbocycles. The molecule has 0 bridgehead atoms. The van der Waals surface area contributed by atoms with Crippen LogP contribution in [0.2, 0.25) is 0 Å². The van der Waals surface area contributed by atoms with E-state index in [-0.39, 0.29) is 5.92 Å². The summed E-state index contributed by atoms with van der Waals surface area (Å²) in [5.41, 5.74) is 0. The van der Waals surface area contributed by atoms with Gasteiger partial charge in [-0.25, -0.2) is 4.79 Å². The van der Waals surface area contributed by atoms with E-state index < -0.39 is 12.3 Å². The minimum Gasteiger partial charge on any atom is -0.434 e. The Morgan fingerprint density at radius 1 is 1.00 bits per heavy atom. The van der Waals surface area contributed by atoms with E-state index in [2.05, 4.69) is 37.5 Å². The van der Waals surface area contributed by atoms with Crippen molar-refractivity contribution >= 4 is 6.16 Å². The Morgan fingerprint density at radius 2 is 1.52 bits per heavy atom. The Balaban J connectivity index is 4.43. The summed E-state index contributed by atoms with van der Waals surface area (Å²) in [5.74, 6) is 12.1. The molecule has 0 atom stereocenters. The highest BCUT2D eigenvalue weighted by atomic mass is 16.7. The van der Waals surface area contributed by atoms with Crippen LogP contribution < -0.4 is 0 Å². The lowest BCUT2D eigenvalue weighted by molar-refractivity contribution is 0.0445. The van der Waals surface area contributed by atoms with Gasteiger partial charge in [0.2, 0.25) is 6.10 Å². The molecule has 0 aromatic rings. The molecule has 0 aliphatic rings. The molecule has 0 amide bonds. The molecule has 0 heterocycles. The second-order valence-electron chi connectivity index (χ2n) is 5.30. The fourth-order valence-corrected chi connectivity index (χ4v) is 1.32. The molecule has 0 saturated carbocycles. The van der Waals surface area contributed by atoms with E-state index in [0.29, 0.717) is 6.61 Å². The van der Waals surface area contributed by atoms with E-state index in [1.807, 2.05) is 13.8 Å². The van der Waals surface area contributed by atoms with Gasteiger partial charge in [-0.3, -0.25) is 0 Å². The standard InChI is InChI=1S/C18H28O3/c1-5-7-9-11-13-17(14-12-10-8-6-2)21-18(19)20-15-16(3)4/h16-17H,5-10,15H2,1-4H3. The van der Waals surface area contributed by atoms with Gasteiger partial charge in [0.05, 0.1) is 6.61 Å². The van der Waals surface area contributed by atoms with Crippen molar-refractivity contribution in [3.8, 4) is 23.7 Å². The van der Waals surface area contributed by atoms with Crippen molar-refractivity contribution in [2.45, 2.75) is 72.3 Å². The molecule has 21 heavy (non-hydrogen) atoms. The van der Waals surface area contributed by atoms with Gasteiger partial charge < -0.3 is 9.47 Å². The van der Waals surface area contributed by atoms with Crippen LogP contribution >= 0.6 is 0 Å². The second-order valence-corrected chi connectivity index (χ2v) is 5.30. The van der Waals surface area contributed by atoms with Crippen molar-refractivity contribution in [3.05, 3.63) is 0 Å². The van der Waals surface area contributed by atoms with Gasteiger partial charge in [-0.15, -0.1) is 0 Å². The topological polar surface area (TPSA) is 35.5 Å². The SMILES string of the molecule is CCCCC#CC(C#CCCCC)OC(=O)OCC(C)C. The number of rotatable bonds is 7. The first-order chi connectivity index (χ1) is 10.1. The summed E-state index contributed by atoms with van der Waals surface area (Å²) >= 11 is 0. The van der Waals surface area contributed by atoms with Crippen molar-refractivity contribution in [1.82, 2.24) is 0 Å². The van der Waals surface area contributed by atoms with Gasteiger partial charge >= 0.3 is 6.16 Å². The zero-order chi connectivity index (χ0) is 15.9. The third kappa shape index (κ3) is 13.1. The maximum Gasteiger partial charge on any atom is 0.510 e. The summed E-state index contributed by atoms with van der Waals surface area (Å²) in [6.07, 6.45) is 4.50. The quantitative estimate of drug-likeness (QED) is 0.392. The molecule has 0 saturated heterocycles. The van der Waals surface area contributed by atoms with Crippen molar-refractivity contribution in [2.24, 2.45) is 5.92 Å². The zero-order valence-corrected chi connectivity index (χ0v) is 13.8. The van der Waals surface area contributed by atoms with Crippen molar-refractivity contribution in [1.29, 1.82) is 0 Å². The van der Waals surface area contributed by atoms with Gasteiger partial charge in [-0.2, -0.15) is 0 Å². The number of carbonyl (C=O) groups excluding carboxylic acids is 1. The van der Waals surface area contributed by atoms with Crippen LogP contribution in [0.5, 0.6) is 0 Å². The Morgan fingerprint density at radius 3 is 1.95 bits per heavy atom. The number of carbonyl (C=O) groups is 1. The first-order valence-corrected chi connectivity index (χ1v) is 7.90. The second kappa shape index (κ2) is 13.4. The Labute approximate surface area is 129 Å². The molecule has 0 aromatic carbocycles. The zero-order valence-electron chi connectivity index (χ0n) is 13.8. The largest absolute Gasteiger partial charge is 0.510 e. The van der Waals surface area contributed by atoms with Crippen molar-refractivity contribution < 1.29 is 14.3 Å². The number of hydrogen-bond donors (Lipinski definition) is 0. The number of ether oxygens (including phenoxy) is 2. The van der Waals surface area contributed by atoms with Crippen LogP contribution in [0.1, 0.15) is 66.2 Å². The normalized spacial score (nSPS) is 9.62. The lowest BCUT2D eigenvalue weighted by Crippen LogP contribution is -2.18. The summed E-state index contributed by atoms with van der Waals surface area (Å²) in [6.45, 7) is 8.52. The molecule has 0 N–H and O–H groups in total. The maximum atomic E-state index is 11.6. The predicted octanol–water partition coefficient (Wildman–Crippen LogP) is 4.55. The molecule has 0 aliphatic heterocycles. The van der Waals surface area contributed by atoms with Crippen molar-refractivity contribution in [2.75, 3.05) is 6.61 Å². The van der Waals surface area contributed by atoms with E-state index in [0.717, 1.165) is 38.5 Å². The maximum absolute atomic E-state index is 11.6. The fraction of sp³-hybridized carbons (Fsp3) is 0.722. The number of unbranched alkanes of at least 4 members (excludes halogenated alkanes) is 4. The molecule has 0 aromatic heterocycles. The lowest BCUT2D eigenvalue weighted by atomic mass is 10.2. The van der Waals surface area contributed by atoms with Crippen LogP contribution in [-0.4, -0.2) is 18.9 Å².